The highest BCUT2D eigenvalue weighted by molar-refractivity contribution is 5.86. The Morgan fingerprint density at radius 2 is 1.56 bits per heavy atom. The molecule has 1 aromatic carbocycles. The maximum atomic E-state index is 12.6. The second kappa shape index (κ2) is 8.74. The van der Waals surface area contributed by atoms with E-state index in [1.54, 1.807) is 27.9 Å². The highest BCUT2D eigenvalue weighted by atomic mass is 16.6. The van der Waals surface area contributed by atoms with Gasteiger partial charge in [-0.2, -0.15) is 0 Å². The molecule has 2 N–H and O–H groups in total. The number of carbonyl (C=O) groups excluding carboxylic acids is 2. The number of carbonyl (C=O) groups is 2. The minimum absolute atomic E-state index is 0.0735. The van der Waals surface area contributed by atoms with Crippen LogP contribution in [-0.2, 0) is 9.53 Å². The van der Waals surface area contributed by atoms with Crippen molar-refractivity contribution in [2.45, 2.75) is 59.2 Å². The van der Waals surface area contributed by atoms with Crippen molar-refractivity contribution in [1.29, 1.82) is 0 Å². The molecule has 1 rings (SSSR count). The number of rotatable bonds is 6. The first kappa shape index (κ1) is 20.8. The van der Waals surface area contributed by atoms with Gasteiger partial charge in [-0.05, 0) is 51.3 Å². The van der Waals surface area contributed by atoms with E-state index in [1.165, 1.54) is 0 Å². The molecule has 6 heteroatoms. The summed E-state index contributed by atoms with van der Waals surface area (Å²) in [5.41, 5.74) is 0.340. The lowest BCUT2D eigenvalue weighted by atomic mass is 10.0. The topological polar surface area (TPSA) is 76.7 Å². The minimum Gasteiger partial charge on any atom is -0.497 e. The van der Waals surface area contributed by atoms with Gasteiger partial charge in [-0.3, -0.25) is 4.79 Å². The number of amides is 2. The van der Waals surface area contributed by atoms with Crippen LogP contribution in [0.4, 0.5) is 4.79 Å². The van der Waals surface area contributed by atoms with E-state index in [2.05, 4.69) is 10.6 Å². The number of nitrogens with one attached hydrogen (secondary N) is 2. The number of alkyl carbamates (subject to hydrolysis) is 1. The maximum Gasteiger partial charge on any atom is 0.408 e. The van der Waals surface area contributed by atoms with Gasteiger partial charge in [0.2, 0.25) is 5.91 Å². The summed E-state index contributed by atoms with van der Waals surface area (Å²) in [7, 11) is 1.61. The fraction of sp³-hybridized carbons (Fsp3) is 0.579. The Kier molecular flexibility index (Phi) is 7.27. The third kappa shape index (κ3) is 7.03. The Balaban J connectivity index is 2.73. The highest BCUT2D eigenvalue weighted by Gasteiger charge is 2.27. The zero-order chi connectivity index (χ0) is 19.2. The molecule has 0 aliphatic carbocycles. The predicted octanol–water partition coefficient (Wildman–Crippen LogP) is 3.42. The Morgan fingerprint density at radius 3 is 2.00 bits per heavy atom. The van der Waals surface area contributed by atoms with Gasteiger partial charge in [0.05, 0.1) is 13.2 Å². The number of methoxy groups -OCH3 is 1. The molecule has 1 aromatic rings. The molecule has 0 radical (unpaired) electrons. The van der Waals surface area contributed by atoms with Crippen molar-refractivity contribution in [3.63, 3.8) is 0 Å². The summed E-state index contributed by atoms with van der Waals surface area (Å²) in [6, 6.07) is 6.62. The lowest BCUT2D eigenvalue weighted by Gasteiger charge is -2.26. The Hall–Kier alpha value is -2.24. The summed E-state index contributed by atoms with van der Waals surface area (Å²) in [5.74, 6) is 0.439. The molecule has 25 heavy (non-hydrogen) atoms. The summed E-state index contributed by atoms with van der Waals surface area (Å²) in [4.78, 5) is 24.6. The normalized spacial score (nSPS) is 13.8. The SMILES string of the molecule is COc1ccc(C(C)NC(=O)[C@@H](NC(=O)OC(C)(C)C)C(C)C)cc1. The van der Waals surface area contributed by atoms with E-state index >= 15 is 0 Å². The van der Waals surface area contributed by atoms with Gasteiger partial charge >= 0.3 is 6.09 Å². The Bertz CT molecular complexity index is 576. The van der Waals surface area contributed by atoms with Crippen molar-refractivity contribution in [3.8, 4) is 5.75 Å². The summed E-state index contributed by atoms with van der Waals surface area (Å²) in [6.45, 7) is 11.0. The fourth-order valence-electron chi connectivity index (χ4n) is 2.25. The van der Waals surface area contributed by atoms with E-state index in [-0.39, 0.29) is 17.9 Å². The van der Waals surface area contributed by atoms with Gasteiger partial charge in [0.1, 0.15) is 17.4 Å². The Labute approximate surface area is 150 Å². The van der Waals surface area contributed by atoms with Gasteiger partial charge < -0.3 is 20.1 Å². The van der Waals surface area contributed by atoms with E-state index in [0.29, 0.717) is 0 Å². The smallest absolute Gasteiger partial charge is 0.408 e. The molecule has 0 saturated heterocycles. The van der Waals surface area contributed by atoms with Crippen molar-refractivity contribution in [3.05, 3.63) is 29.8 Å². The van der Waals surface area contributed by atoms with Crippen molar-refractivity contribution >= 4 is 12.0 Å². The number of hydrogen-bond donors (Lipinski definition) is 2. The summed E-state index contributed by atoms with van der Waals surface area (Å²) in [6.07, 6.45) is -0.599. The highest BCUT2D eigenvalue weighted by Crippen LogP contribution is 2.18. The summed E-state index contributed by atoms with van der Waals surface area (Å²) in [5, 5.41) is 5.59. The minimum atomic E-state index is -0.671. The lowest BCUT2D eigenvalue weighted by molar-refractivity contribution is -0.124. The van der Waals surface area contributed by atoms with Crippen LogP contribution in [0.1, 0.15) is 53.1 Å². The van der Waals surface area contributed by atoms with Gasteiger partial charge in [0.15, 0.2) is 0 Å². The predicted molar refractivity (Wildman–Crippen MR) is 97.5 cm³/mol. The molecule has 0 spiro atoms. The first-order valence-electron chi connectivity index (χ1n) is 8.47. The maximum absolute atomic E-state index is 12.6. The van der Waals surface area contributed by atoms with Crippen LogP contribution >= 0.6 is 0 Å². The van der Waals surface area contributed by atoms with Crippen molar-refractivity contribution in [2.75, 3.05) is 7.11 Å². The van der Waals surface area contributed by atoms with Crippen molar-refractivity contribution in [2.24, 2.45) is 5.92 Å². The van der Waals surface area contributed by atoms with Gasteiger partial charge in [-0.1, -0.05) is 26.0 Å². The van der Waals surface area contributed by atoms with Crippen LogP contribution in [0.25, 0.3) is 0 Å². The van der Waals surface area contributed by atoms with Crippen LogP contribution < -0.4 is 15.4 Å². The molecule has 6 nitrogen and oxygen atoms in total. The first-order chi connectivity index (χ1) is 11.5. The van der Waals surface area contributed by atoms with Crippen LogP contribution in [0.5, 0.6) is 5.75 Å². The molecule has 140 valence electrons. The van der Waals surface area contributed by atoms with E-state index in [4.69, 9.17) is 9.47 Å². The molecular weight excluding hydrogens is 320 g/mol. The summed E-state index contributed by atoms with van der Waals surface area (Å²) < 4.78 is 10.4. The summed E-state index contributed by atoms with van der Waals surface area (Å²) >= 11 is 0. The standard InChI is InChI=1S/C19H30N2O4/c1-12(2)16(21-18(23)25-19(4,5)6)17(22)20-13(3)14-8-10-15(24-7)11-9-14/h8-13,16H,1-7H3,(H,20,22)(H,21,23)/t13?,16-/m0/s1. The van der Waals surface area contributed by atoms with E-state index in [0.717, 1.165) is 11.3 Å². The van der Waals surface area contributed by atoms with Crippen LogP contribution in [0.15, 0.2) is 24.3 Å². The average Bonchev–Trinajstić information content (AvgIpc) is 2.50. The third-order valence-corrected chi connectivity index (χ3v) is 3.60. The Morgan fingerprint density at radius 1 is 1.00 bits per heavy atom. The number of ether oxygens (including phenoxy) is 2. The second-order valence-electron chi connectivity index (χ2n) is 7.37. The van der Waals surface area contributed by atoms with E-state index < -0.39 is 17.7 Å². The third-order valence-electron chi connectivity index (χ3n) is 3.60. The van der Waals surface area contributed by atoms with Gasteiger partial charge in [0.25, 0.3) is 0 Å². The molecule has 2 atom stereocenters. The van der Waals surface area contributed by atoms with Crippen LogP contribution in [0.2, 0.25) is 0 Å². The molecular formula is C19H30N2O4. The monoisotopic (exact) mass is 350 g/mol. The largest absolute Gasteiger partial charge is 0.497 e. The molecule has 0 aromatic heterocycles. The van der Waals surface area contributed by atoms with Crippen LogP contribution in [0.3, 0.4) is 0 Å². The van der Waals surface area contributed by atoms with Crippen LogP contribution in [-0.4, -0.2) is 30.8 Å². The van der Waals surface area contributed by atoms with Crippen molar-refractivity contribution in [1.82, 2.24) is 10.6 Å². The average molecular weight is 350 g/mol. The molecule has 0 bridgehead atoms. The zero-order valence-electron chi connectivity index (χ0n) is 16.2. The van der Waals surface area contributed by atoms with Crippen molar-refractivity contribution < 1.29 is 19.1 Å². The molecule has 0 aliphatic heterocycles. The zero-order valence-corrected chi connectivity index (χ0v) is 16.2. The van der Waals surface area contributed by atoms with E-state index in [1.807, 2.05) is 45.0 Å². The molecule has 0 saturated carbocycles. The molecule has 1 unspecified atom stereocenters. The first-order valence-corrected chi connectivity index (χ1v) is 8.47. The van der Waals surface area contributed by atoms with Gasteiger partial charge in [-0.15, -0.1) is 0 Å². The van der Waals surface area contributed by atoms with Gasteiger partial charge in [0, 0.05) is 0 Å². The van der Waals surface area contributed by atoms with E-state index in [9.17, 15) is 9.59 Å². The number of hydrogen-bond acceptors (Lipinski definition) is 4. The van der Waals surface area contributed by atoms with Gasteiger partial charge in [-0.25, -0.2) is 4.79 Å². The molecule has 0 fully saturated rings. The molecule has 0 aliphatic rings. The lowest BCUT2D eigenvalue weighted by Crippen LogP contribution is -2.51. The molecule has 0 heterocycles. The molecule has 2 amide bonds. The second-order valence-corrected chi connectivity index (χ2v) is 7.37. The number of benzene rings is 1. The van der Waals surface area contributed by atoms with Crippen LogP contribution in [0, 0.1) is 5.92 Å². The quantitative estimate of drug-likeness (QED) is 0.824. The fourth-order valence-corrected chi connectivity index (χ4v) is 2.25.